The van der Waals surface area contributed by atoms with Crippen molar-refractivity contribution in [2.75, 3.05) is 18.0 Å². The zero-order valence-electron chi connectivity index (χ0n) is 18.0. The van der Waals surface area contributed by atoms with Crippen molar-refractivity contribution in [2.24, 2.45) is 5.92 Å². The molecule has 0 fully saturated rings. The van der Waals surface area contributed by atoms with Gasteiger partial charge in [0, 0.05) is 36.0 Å². The van der Waals surface area contributed by atoms with E-state index in [2.05, 4.69) is 36.0 Å². The summed E-state index contributed by atoms with van der Waals surface area (Å²) in [6.45, 7) is 9.71. The summed E-state index contributed by atoms with van der Waals surface area (Å²) in [5.74, 6) is 2.32. The Morgan fingerprint density at radius 1 is 1.23 bits per heavy atom. The van der Waals surface area contributed by atoms with Gasteiger partial charge in [0.05, 0.1) is 11.8 Å². The van der Waals surface area contributed by atoms with Crippen molar-refractivity contribution in [3.8, 4) is 11.6 Å². The molecule has 0 radical (unpaired) electrons. The molecule has 0 aliphatic heterocycles. The number of furan rings is 1. The molecule has 3 aromatic rings. The summed E-state index contributed by atoms with van der Waals surface area (Å²) in [6.07, 6.45) is 2.91. The molecular weight excluding hydrogens is 400 g/mol. The van der Waals surface area contributed by atoms with E-state index in [1.807, 2.05) is 37.3 Å². The van der Waals surface area contributed by atoms with E-state index < -0.39 is 0 Å². The fourth-order valence-corrected chi connectivity index (χ4v) is 3.42. The maximum atomic E-state index is 12.4. The fraction of sp³-hybridized carbons (Fsp3) is 0.435. The van der Waals surface area contributed by atoms with Gasteiger partial charge in [-0.1, -0.05) is 32.4 Å². The van der Waals surface area contributed by atoms with Gasteiger partial charge in [-0.25, -0.2) is 9.97 Å². The van der Waals surface area contributed by atoms with Gasteiger partial charge in [0.2, 0.25) is 5.91 Å². The van der Waals surface area contributed by atoms with Crippen molar-refractivity contribution in [1.29, 1.82) is 0 Å². The van der Waals surface area contributed by atoms with Crippen LogP contribution in [0.25, 0.3) is 22.5 Å². The molecule has 1 N–H and O–H groups in total. The molecule has 0 unspecified atom stereocenters. The number of amides is 1. The smallest absolute Gasteiger partial charge is 0.221 e. The predicted octanol–water partition coefficient (Wildman–Crippen LogP) is 5.31. The molecule has 0 aliphatic rings. The van der Waals surface area contributed by atoms with Gasteiger partial charge >= 0.3 is 0 Å². The Balaban J connectivity index is 1.98. The Kier molecular flexibility index (Phi) is 7.32. The lowest BCUT2D eigenvalue weighted by Gasteiger charge is -2.27. The molecule has 2 aromatic heterocycles. The van der Waals surface area contributed by atoms with E-state index in [4.69, 9.17) is 21.0 Å². The zero-order chi connectivity index (χ0) is 21.7. The first kappa shape index (κ1) is 22.1. The van der Waals surface area contributed by atoms with Crippen molar-refractivity contribution in [2.45, 2.75) is 46.6 Å². The maximum absolute atomic E-state index is 12.4. The molecule has 7 heteroatoms. The molecule has 0 saturated heterocycles. The van der Waals surface area contributed by atoms with Gasteiger partial charge in [0.25, 0.3) is 0 Å². The van der Waals surface area contributed by atoms with Crippen LogP contribution in [-0.4, -0.2) is 35.0 Å². The van der Waals surface area contributed by atoms with E-state index in [1.54, 1.807) is 6.26 Å². The van der Waals surface area contributed by atoms with Crippen LogP contribution in [0.5, 0.6) is 0 Å². The number of hydrogen-bond acceptors (Lipinski definition) is 5. The van der Waals surface area contributed by atoms with Crippen LogP contribution in [0, 0.1) is 5.92 Å². The highest BCUT2D eigenvalue weighted by molar-refractivity contribution is 6.31. The normalized spacial score (nSPS) is 12.3. The number of carbonyl (C=O) groups is 1. The van der Waals surface area contributed by atoms with Crippen LogP contribution in [0.15, 0.2) is 41.0 Å². The lowest BCUT2D eigenvalue weighted by atomic mass is 10.1. The third-order valence-corrected chi connectivity index (χ3v) is 5.13. The lowest BCUT2D eigenvalue weighted by Crippen LogP contribution is -2.36. The average Bonchev–Trinajstić information content (AvgIpc) is 3.24. The standard InChI is InChI=1S/C23H29ClN4O2/c1-5-16(4)25-21(29)10-11-28(14-15(2)3)23-18-9-8-17(24)13-19(18)26-22(27-23)20-7-6-12-30-20/h6-9,12-13,15-16H,5,10-11,14H2,1-4H3,(H,25,29)/t16-/m1/s1. The first-order valence-corrected chi connectivity index (χ1v) is 10.8. The van der Waals surface area contributed by atoms with Crippen LogP contribution < -0.4 is 10.2 Å². The second-order valence-electron chi connectivity index (χ2n) is 7.98. The summed E-state index contributed by atoms with van der Waals surface area (Å²) < 4.78 is 5.53. The predicted molar refractivity (Wildman–Crippen MR) is 122 cm³/mol. The third-order valence-electron chi connectivity index (χ3n) is 4.89. The summed E-state index contributed by atoms with van der Waals surface area (Å²) in [4.78, 5) is 24.0. The molecule has 6 nitrogen and oxygen atoms in total. The number of hydrogen-bond donors (Lipinski definition) is 1. The van der Waals surface area contributed by atoms with Gasteiger partial charge in [0.15, 0.2) is 11.6 Å². The molecule has 160 valence electrons. The second kappa shape index (κ2) is 9.94. The van der Waals surface area contributed by atoms with Crippen molar-refractivity contribution in [1.82, 2.24) is 15.3 Å². The summed E-state index contributed by atoms with van der Waals surface area (Å²) in [6, 6.07) is 9.42. The van der Waals surface area contributed by atoms with Crippen molar-refractivity contribution in [3.63, 3.8) is 0 Å². The van der Waals surface area contributed by atoms with Gasteiger partial charge in [0.1, 0.15) is 5.82 Å². The minimum absolute atomic E-state index is 0.0470. The number of halogens is 1. The molecule has 1 amide bonds. The van der Waals surface area contributed by atoms with E-state index in [0.29, 0.717) is 35.5 Å². The van der Waals surface area contributed by atoms with E-state index in [-0.39, 0.29) is 11.9 Å². The fourth-order valence-electron chi connectivity index (χ4n) is 3.25. The Morgan fingerprint density at radius 3 is 2.70 bits per heavy atom. The molecule has 2 heterocycles. The van der Waals surface area contributed by atoms with E-state index in [0.717, 1.165) is 29.7 Å². The third kappa shape index (κ3) is 5.51. The van der Waals surface area contributed by atoms with E-state index in [1.165, 1.54) is 0 Å². The van der Waals surface area contributed by atoms with Crippen molar-refractivity contribution < 1.29 is 9.21 Å². The van der Waals surface area contributed by atoms with Crippen LogP contribution in [-0.2, 0) is 4.79 Å². The average molecular weight is 429 g/mol. The Morgan fingerprint density at radius 2 is 2.03 bits per heavy atom. The number of nitrogens with one attached hydrogen (secondary N) is 1. The molecule has 0 bridgehead atoms. The Hall–Kier alpha value is -2.60. The highest BCUT2D eigenvalue weighted by atomic mass is 35.5. The number of anilines is 1. The van der Waals surface area contributed by atoms with Crippen LogP contribution in [0.4, 0.5) is 5.82 Å². The second-order valence-corrected chi connectivity index (χ2v) is 8.41. The van der Waals surface area contributed by atoms with Crippen LogP contribution in [0.3, 0.4) is 0 Å². The summed E-state index contributed by atoms with van der Waals surface area (Å²) in [7, 11) is 0. The maximum Gasteiger partial charge on any atom is 0.221 e. The van der Waals surface area contributed by atoms with Crippen molar-refractivity contribution in [3.05, 3.63) is 41.6 Å². The number of aromatic nitrogens is 2. The number of rotatable bonds is 9. The van der Waals surface area contributed by atoms with Gasteiger partial charge < -0.3 is 14.6 Å². The minimum atomic E-state index is 0.0470. The quantitative estimate of drug-likeness (QED) is 0.500. The zero-order valence-corrected chi connectivity index (χ0v) is 18.7. The summed E-state index contributed by atoms with van der Waals surface area (Å²) in [5.41, 5.74) is 0.747. The van der Waals surface area contributed by atoms with Crippen LogP contribution in [0.2, 0.25) is 5.02 Å². The monoisotopic (exact) mass is 428 g/mol. The van der Waals surface area contributed by atoms with Gasteiger partial charge in [-0.05, 0) is 49.6 Å². The molecule has 0 saturated carbocycles. The Labute approximate surface area is 182 Å². The number of nitrogens with zero attached hydrogens (tertiary/aromatic N) is 3. The van der Waals surface area contributed by atoms with E-state index >= 15 is 0 Å². The molecule has 1 atom stereocenters. The largest absolute Gasteiger partial charge is 0.461 e. The summed E-state index contributed by atoms with van der Waals surface area (Å²) in [5, 5.41) is 4.55. The molecule has 3 rings (SSSR count). The SMILES string of the molecule is CC[C@@H](C)NC(=O)CCN(CC(C)C)c1nc(-c2ccco2)nc2cc(Cl)ccc12. The molecule has 1 aromatic carbocycles. The van der Waals surface area contributed by atoms with Gasteiger partial charge in [-0.3, -0.25) is 4.79 Å². The van der Waals surface area contributed by atoms with Crippen molar-refractivity contribution >= 4 is 34.2 Å². The lowest BCUT2D eigenvalue weighted by molar-refractivity contribution is -0.121. The first-order valence-electron chi connectivity index (χ1n) is 10.4. The first-order chi connectivity index (χ1) is 14.4. The Bertz CT molecular complexity index is 988. The van der Waals surface area contributed by atoms with Crippen LogP contribution in [0.1, 0.15) is 40.5 Å². The minimum Gasteiger partial charge on any atom is -0.461 e. The molecule has 0 spiro atoms. The summed E-state index contributed by atoms with van der Waals surface area (Å²) >= 11 is 6.23. The number of benzene rings is 1. The number of fused-ring (bicyclic) bond motifs is 1. The van der Waals surface area contributed by atoms with E-state index in [9.17, 15) is 4.79 Å². The van der Waals surface area contributed by atoms with Crippen LogP contribution >= 0.6 is 11.6 Å². The number of carbonyl (C=O) groups excluding carboxylic acids is 1. The molecule has 30 heavy (non-hydrogen) atoms. The molecule has 0 aliphatic carbocycles. The molecular formula is C23H29ClN4O2. The topological polar surface area (TPSA) is 71.3 Å². The van der Waals surface area contributed by atoms with Gasteiger partial charge in [-0.15, -0.1) is 0 Å². The highest BCUT2D eigenvalue weighted by Gasteiger charge is 2.19. The van der Waals surface area contributed by atoms with Gasteiger partial charge in [-0.2, -0.15) is 0 Å². The highest BCUT2D eigenvalue weighted by Crippen LogP contribution is 2.30.